The van der Waals surface area contributed by atoms with E-state index in [-0.39, 0.29) is 10.8 Å². The van der Waals surface area contributed by atoms with Crippen LogP contribution in [0.2, 0.25) is 0 Å². The number of nitrogens with one attached hydrogen (secondary N) is 2. The Labute approximate surface area is 138 Å². The van der Waals surface area contributed by atoms with Crippen LogP contribution in [0.4, 0.5) is 5.69 Å². The van der Waals surface area contributed by atoms with Crippen molar-refractivity contribution in [3.05, 3.63) is 75.3 Å². The summed E-state index contributed by atoms with van der Waals surface area (Å²) in [5.74, 6) is -0.415. The van der Waals surface area contributed by atoms with Crippen LogP contribution in [-0.2, 0) is 6.54 Å². The van der Waals surface area contributed by atoms with Crippen molar-refractivity contribution < 1.29 is 9.72 Å². The standard InChI is InChI=1S/C16H15N3O3S/c1-11-2-4-12(5-3-11)10-17-16(23)18-15(20)13-6-8-14(9-7-13)19(21)22/h2-9H,10H2,1H3,(H2,17,18,20,23). The highest BCUT2D eigenvalue weighted by atomic mass is 32.1. The maximum atomic E-state index is 12.0. The van der Waals surface area contributed by atoms with Crippen molar-refractivity contribution in [1.82, 2.24) is 10.6 Å². The number of amides is 1. The van der Waals surface area contributed by atoms with Gasteiger partial charge in [-0.3, -0.25) is 20.2 Å². The molecule has 1 amide bonds. The van der Waals surface area contributed by atoms with E-state index < -0.39 is 10.8 Å². The molecule has 0 fully saturated rings. The van der Waals surface area contributed by atoms with Crippen LogP contribution in [0, 0.1) is 17.0 Å². The molecule has 0 saturated heterocycles. The van der Waals surface area contributed by atoms with Crippen molar-refractivity contribution >= 4 is 28.9 Å². The van der Waals surface area contributed by atoms with E-state index in [1.54, 1.807) is 0 Å². The lowest BCUT2D eigenvalue weighted by Crippen LogP contribution is -2.38. The van der Waals surface area contributed by atoms with Gasteiger partial charge in [0.05, 0.1) is 4.92 Å². The maximum absolute atomic E-state index is 12.0. The quantitative estimate of drug-likeness (QED) is 0.512. The van der Waals surface area contributed by atoms with Gasteiger partial charge in [-0.25, -0.2) is 0 Å². The topological polar surface area (TPSA) is 84.3 Å². The molecule has 2 N–H and O–H groups in total. The Kier molecular flexibility index (Phi) is 5.37. The van der Waals surface area contributed by atoms with Crippen LogP contribution in [0.25, 0.3) is 0 Å². The first kappa shape index (κ1) is 16.6. The molecule has 2 aromatic carbocycles. The van der Waals surface area contributed by atoms with Crippen LogP contribution < -0.4 is 10.6 Å². The van der Waals surface area contributed by atoms with Gasteiger partial charge in [0.2, 0.25) is 0 Å². The fraction of sp³-hybridized carbons (Fsp3) is 0.125. The lowest BCUT2D eigenvalue weighted by atomic mass is 10.1. The molecule has 0 aliphatic rings. The summed E-state index contributed by atoms with van der Waals surface area (Å²) in [6, 6.07) is 13.3. The predicted octanol–water partition coefficient (Wildman–Crippen LogP) is 2.71. The summed E-state index contributed by atoms with van der Waals surface area (Å²) in [6.07, 6.45) is 0. The molecule has 0 aromatic heterocycles. The molecule has 0 radical (unpaired) electrons. The van der Waals surface area contributed by atoms with Gasteiger partial charge in [-0.2, -0.15) is 0 Å². The Bertz CT molecular complexity index is 727. The second-order valence-electron chi connectivity index (χ2n) is 4.93. The van der Waals surface area contributed by atoms with Crippen LogP contribution >= 0.6 is 12.2 Å². The molecule has 0 spiro atoms. The second-order valence-corrected chi connectivity index (χ2v) is 5.33. The zero-order chi connectivity index (χ0) is 16.8. The van der Waals surface area contributed by atoms with Crippen LogP contribution in [-0.4, -0.2) is 15.9 Å². The van der Waals surface area contributed by atoms with E-state index in [4.69, 9.17) is 12.2 Å². The average molecular weight is 329 g/mol. The molecular weight excluding hydrogens is 314 g/mol. The Hall–Kier alpha value is -2.80. The summed E-state index contributed by atoms with van der Waals surface area (Å²) in [4.78, 5) is 22.0. The molecule has 0 heterocycles. The normalized spacial score (nSPS) is 9.96. The van der Waals surface area contributed by atoms with Crippen LogP contribution in [0.3, 0.4) is 0 Å². The molecule has 2 aromatic rings. The number of benzene rings is 2. The number of rotatable bonds is 4. The number of carbonyl (C=O) groups excluding carboxylic acids is 1. The van der Waals surface area contributed by atoms with E-state index >= 15 is 0 Å². The lowest BCUT2D eigenvalue weighted by Gasteiger charge is -2.09. The van der Waals surface area contributed by atoms with E-state index in [1.807, 2.05) is 31.2 Å². The molecular formula is C16H15N3O3S. The number of nitrogens with zero attached hydrogens (tertiary/aromatic N) is 1. The minimum Gasteiger partial charge on any atom is -0.358 e. The first-order valence-electron chi connectivity index (χ1n) is 6.85. The molecule has 7 heteroatoms. The number of nitro benzene ring substituents is 1. The second kappa shape index (κ2) is 7.46. The van der Waals surface area contributed by atoms with Gasteiger partial charge in [0, 0.05) is 24.2 Å². The molecule has 0 bridgehead atoms. The van der Waals surface area contributed by atoms with E-state index in [2.05, 4.69) is 10.6 Å². The number of aryl methyl sites for hydroxylation is 1. The molecule has 118 valence electrons. The molecule has 2 rings (SSSR count). The van der Waals surface area contributed by atoms with E-state index in [9.17, 15) is 14.9 Å². The highest BCUT2D eigenvalue weighted by molar-refractivity contribution is 7.80. The number of nitro groups is 1. The van der Waals surface area contributed by atoms with Crippen molar-refractivity contribution in [3.63, 3.8) is 0 Å². The third-order valence-electron chi connectivity index (χ3n) is 3.14. The van der Waals surface area contributed by atoms with Crippen LogP contribution in [0.5, 0.6) is 0 Å². The van der Waals surface area contributed by atoms with Gasteiger partial charge in [-0.05, 0) is 36.8 Å². The molecule has 0 unspecified atom stereocenters. The molecule has 0 atom stereocenters. The Morgan fingerprint density at radius 3 is 2.30 bits per heavy atom. The smallest absolute Gasteiger partial charge is 0.269 e. The highest BCUT2D eigenvalue weighted by Gasteiger charge is 2.10. The largest absolute Gasteiger partial charge is 0.358 e. The summed E-state index contributed by atoms with van der Waals surface area (Å²) in [6.45, 7) is 2.51. The predicted molar refractivity (Wildman–Crippen MR) is 91.2 cm³/mol. The third kappa shape index (κ3) is 4.86. The fourth-order valence-corrected chi connectivity index (χ4v) is 2.01. The van der Waals surface area contributed by atoms with Gasteiger partial charge in [0.1, 0.15) is 0 Å². The maximum Gasteiger partial charge on any atom is 0.269 e. The minimum atomic E-state index is -0.518. The highest BCUT2D eigenvalue weighted by Crippen LogP contribution is 2.11. The summed E-state index contributed by atoms with van der Waals surface area (Å²) in [7, 11) is 0. The van der Waals surface area contributed by atoms with Crippen molar-refractivity contribution in [3.8, 4) is 0 Å². The summed E-state index contributed by atoms with van der Waals surface area (Å²) in [5, 5.41) is 16.3. The fourth-order valence-electron chi connectivity index (χ4n) is 1.84. The number of thiocarbonyl (C=S) groups is 1. The van der Waals surface area contributed by atoms with Gasteiger partial charge >= 0.3 is 0 Å². The minimum absolute atomic E-state index is 0.0679. The molecule has 0 saturated carbocycles. The third-order valence-corrected chi connectivity index (χ3v) is 3.39. The number of hydrogen-bond acceptors (Lipinski definition) is 4. The number of carbonyl (C=O) groups is 1. The monoisotopic (exact) mass is 329 g/mol. The Morgan fingerprint density at radius 2 is 1.74 bits per heavy atom. The van der Waals surface area contributed by atoms with E-state index in [0.29, 0.717) is 12.1 Å². The lowest BCUT2D eigenvalue weighted by molar-refractivity contribution is -0.384. The van der Waals surface area contributed by atoms with Crippen molar-refractivity contribution in [2.75, 3.05) is 0 Å². The van der Waals surface area contributed by atoms with Crippen LogP contribution in [0.15, 0.2) is 48.5 Å². The Morgan fingerprint density at radius 1 is 1.13 bits per heavy atom. The summed E-state index contributed by atoms with van der Waals surface area (Å²) in [5.41, 5.74) is 2.45. The molecule has 0 aliphatic heterocycles. The molecule has 23 heavy (non-hydrogen) atoms. The summed E-state index contributed by atoms with van der Waals surface area (Å²) < 4.78 is 0. The number of hydrogen-bond donors (Lipinski definition) is 2. The zero-order valence-corrected chi connectivity index (χ0v) is 13.2. The van der Waals surface area contributed by atoms with Gasteiger partial charge in [-0.15, -0.1) is 0 Å². The van der Waals surface area contributed by atoms with Crippen molar-refractivity contribution in [2.24, 2.45) is 0 Å². The average Bonchev–Trinajstić information content (AvgIpc) is 2.54. The van der Waals surface area contributed by atoms with Gasteiger partial charge in [-0.1, -0.05) is 29.8 Å². The van der Waals surface area contributed by atoms with E-state index in [1.165, 1.54) is 29.8 Å². The van der Waals surface area contributed by atoms with E-state index in [0.717, 1.165) is 5.56 Å². The van der Waals surface area contributed by atoms with Crippen molar-refractivity contribution in [1.29, 1.82) is 0 Å². The summed E-state index contributed by atoms with van der Waals surface area (Å²) >= 11 is 5.07. The van der Waals surface area contributed by atoms with Gasteiger partial charge < -0.3 is 5.32 Å². The van der Waals surface area contributed by atoms with Gasteiger partial charge in [0.15, 0.2) is 5.11 Å². The number of non-ortho nitro benzene ring substituents is 1. The van der Waals surface area contributed by atoms with Crippen molar-refractivity contribution in [2.45, 2.75) is 13.5 Å². The first-order valence-corrected chi connectivity index (χ1v) is 7.26. The first-order chi connectivity index (χ1) is 11.0. The zero-order valence-electron chi connectivity index (χ0n) is 12.4. The molecule has 6 nitrogen and oxygen atoms in total. The van der Waals surface area contributed by atoms with Crippen LogP contribution in [0.1, 0.15) is 21.5 Å². The molecule has 0 aliphatic carbocycles. The SMILES string of the molecule is Cc1ccc(CNC(=S)NC(=O)c2ccc([N+](=O)[O-])cc2)cc1. The van der Waals surface area contributed by atoms with Gasteiger partial charge in [0.25, 0.3) is 11.6 Å². The Balaban J connectivity index is 1.87.